The molecule has 2 N–H and O–H groups in total. The van der Waals surface area contributed by atoms with Gasteiger partial charge in [-0.05, 0) is 43.4 Å². The molecular weight excluding hydrogens is 293 g/mol. The maximum absolute atomic E-state index is 13.4. The van der Waals surface area contributed by atoms with Gasteiger partial charge in [0.25, 0.3) is 0 Å². The first-order valence-corrected chi connectivity index (χ1v) is 7.49. The fourth-order valence-corrected chi connectivity index (χ4v) is 3.25. The Kier molecular flexibility index (Phi) is 4.31. The Labute approximate surface area is 129 Å². The minimum atomic E-state index is -0.877. The highest BCUT2D eigenvalue weighted by atomic mass is 35.5. The van der Waals surface area contributed by atoms with Gasteiger partial charge in [-0.15, -0.1) is 0 Å². The molecule has 2 unspecified atom stereocenters. The largest absolute Gasteiger partial charge is 0.391 e. The van der Waals surface area contributed by atoms with Crippen LogP contribution in [0.3, 0.4) is 0 Å². The average molecular weight is 314 g/mol. The molecule has 0 heterocycles. The minimum absolute atomic E-state index is 0.0121. The third-order valence-electron chi connectivity index (χ3n) is 4.56. The monoisotopic (exact) mass is 313 g/mol. The third kappa shape index (κ3) is 3.06. The summed E-state index contributed by atoms with van der Waals surface area (Å²) in [5, 5.41) is 13.2. The predicted octanol–water partition coefficient (Wildman–Crippen LogP) is 3.99. The van der Waals surface area contributed by atoms with E-state index in [1.165, 1.54) is 12.1 Å². The maximum Gasteiger partial charge on any atom is 0.232 e. The van der Waals surface area contributed by atoms with Crippen molar-refractivity contribution in [2.24, 2.45) is 10.8 Å². The lowest BCUT2D eigenvalue weighted by Gasteiger charge is -2.46. The van der Waals surface area contributed by atoms with Crippen molar-refractivity contribution in [3.05, 3.63) is 29.0 Å². The van der Waals surface area contributed by atoms with Gasteiger partial charge in [-0.3, -0.25) is 4.79 Å². The fourth-order valence-electron chi connectivity index (χ4n) is 3.13. The summed E-state index contributed by atoms with van der Waals surface area (Å²) < 4.78 is 13.4. The lowest BCUT2D eigenvalue weighted by molar-refractivity contribution is -0.144. The number of hydrogen-bond acceptors (Lipinski definition) is 2. The van der Waals surface area contributed by atoms with Crippen LogP contribution in [0, 0.1) is 16.6 Å². The Morgan fingerprint density at radius 2 is 2.05 bits per heavy atom. The van der Waals surface area contributed by atoms with Gasteiger partial charge in [0.1, 0.15) is 5.82 Å². The first-order chi connectivity index (χ1) is 9.67. The number of aliphatic hydroxyl groups is 1. The second kappa shape index (κ2) is 5.58. The summed E-state index contributed by atoms with van der Waals surface area (Å²) in [6.07, 6.45) is 1.63. The van der Waals surface area contributed by atoms with Crippen LogP contribution in [0.2, 0.25) is 5.02 Å². The molecule has 21 heavy (non-hydrogen) atoms. The quantitative estimate of drug-likeness (QED) is 0.867. The van der Waals surface area contributed by atoms with Crippen LogP contribution in [0.1, 0.15) is 40.0 Å². The number of halogens is 2. The highest BCUT2D eigenvalue weighted by Gasteiger charge is 2.50. The molecule has 0 aliphatic heterocycles. The highest BCUT2D eigenvalue weighted by molar-refractivity contribution is 6.30. The zero-order valence-corrected chi connectivity index (χ0v) is 13.3. The lowest BCUT2D eigenvalue weighted by Crippen LogP contribution is -2.52. The molecule has 5 heteroatoms. The van der Waals surface area contributed by atoms with Gasteiger partial charge in [0.05, 0.1) is 16.5 Å². The molecule has 1 aromatic rings. The molecule has 1 aliphatic carbocycles. The maximum atomic E-state index is 13.4. The van der Waals surface area contributed by atoms with Gasteiger partial charge in [-0.2, -0.15) is 0 Å². The molecule has 1 fully saturated rings. The number of amides is 1. The normalized spacial score (nSPS) is 28.2. The van der Waals surface area contributed by atoms with Gasteiger partial charge >= 0.3 is 0 Å². The van der Waals surface area contributed by atoms with E-state index in [0.717, 1.165) is 12.8 Å². The van der Waals surface area contributed by atoms with Gasteiger partial charge in [-0.25, -0.2) is 4.39 Å². The standard InChI is InChI=1S/C16H21ClFNO2/c1-15(2)7-4-8-16(3,13(15)20)14(21)19-10-5-6-11(17)12(18)9-10/h5-6,9,13,20H,4,7-8H2,1-3H3,(H,19,21). The first kappa shape index (κ1) is 16.2. The van der Waals surface area contributed by atoms with Crippen molar-refractivity contribution in [1.82, 2.24) is 0 Å². The van der Waals surface area contributed by atoms with E-state index in [9.17, 15) is 14.3 Å². The fraction of sp³-hybridized carbons (Fsp3) is 0.562. The van der Waals surface area contributed by atoms with Crippen LogP contribution < -0.4 is 5.32 Å². The van der Waals surface area contributed by atoms with Crippen LogP contribution in [0.4, 0.5) is 10.1 Å². The zero-order valence-electron chi connectivity index (χ0n) is 12.5. The van der Waals surface area contributed by atoms with Gasteiger partial charge < -0.3 is 10.4 Å². The van der Waals surface area contributed by atoms with Crippen molar-refractivity contribution in [3.8, 4) is 0 Å². The van der Waals surface area contributed by atoms with E-state index in [4.69, 9.17) is 11.6 Å². The summed E-state index contributed by atoms with van der Waals surface area (Å²) in [7, 11) is 0. The molecule has 0 aromatic heterocycles. The van der Waals surface area contributed by atoms with Gasteiger partial charge in [0.15, 0.2) is 0 Å². The Morgan fingerprint density at radius 3 is 2.67 bits per heavy atom. The Bertz CT molecular complexity index is 561. The summed E-state index contributed by atoms with van der Waals surface area (Å²) >= 11 is 5.63. The molecule has 2 atom stereocenters. The second-order valence-electron chi connectivity index (χ2n) is 6.75. The number of nitrogens with one attached hydrogen (secondary N) is 1. The van der Waals surface area contributed by atoms with Crippen LogP contribution in [-0.2, 0) is 4.79 Å². The van der Waals surface area contributed by atoms with Crippen molar-refractivity contribution < 1.29 is 14.3 Å². The van der Waals surface area contributed by atoms with Gasteiger partial charge in [-0.1, -0.05) is 31.9 Å². The summed E-state index contributed by atoms with van der Waals surface area (Å²) in [5.74, 6) is -0.867. The van der Waals surface area contributed by atoms with Crippen LogP contribution >= 0.6 is 11.6 Å². The molecule has 0 radical (unpaired) electrons. The van der Waals surface area contributed by atoms with E-state index in [2.05, 4.69) is 5.32 Å². The molecule has 0 saturated heterocycles. The lowest BCUT2D eigenvalue weighted by atomic mass is 9.61. The first-order valence-electron chi connectivity index (χ1n) is 7.11. The Hall–Kier alpha value is -1.13. The summed E-state index contributed by atoms with van der Waals surface area (Å²) in [6, 6.07) is 4.13. The van der Waals surface area contributed by atoms with Gasteiger partial charge in [0.2, 0.25) is 5.91 Å². The smallest absolute Gasteiger partial charge is 0.232 e. The molecule has 1 saturated carbocycles. The predicted molar refractivity (Wildman–Crippen MR) is 81.8 cm³/mol. The van der Waals surface area contributed by atoms with Crippen molar-refractivity contribution in [1.29, 1.82) is 0 Å². The number of carbonyl (C=O) groups excluding carboxylic acids is 1. The van der Waals surface area contributed by atoms with Gasteiger partial charge in [0, 0.05) is 5.69 Å². The second-order valence-corrected chi connectivity index (χ2v) is 7.15. The van der Waals surface area contributed by atoms with E-state index in [1.54, 1.807) is 13.0 Å². The molecular formula is C16H21ClFNO2. The molecule has 2 rings (SSSR count). The summed E-state index contributed by atoms with van der Waals surface area (Å²) in [5.41, 5.74) is -0.841. The molecule has 0 spiro atoms. The summed E-state index contributed by atoms with van der Waals surface area (Å²) in [4.78, 5) is 12.6. The SMILES string of the molecule is CC1(C)CCCC(C)(C(=O)Nc2ccc(Cl)c(F)c2)C1O. The number of anilines is 1. The molecule has 3 nitrogen and oxygen atoms in total. The van der Waals surface area contributed by atoms with E-state index in [1.807, 2.05) is 13.8 Å². The van der Waals surface area contributed by atoms with E-state index in [-0.39, 0.29) is 16.3 Å². The van der Waals surface area contributed by atoms with Crippen LogP contribution in [0.5, 0.6) is 0 Å². The van der Waals surface area contributed by atoms with Crippen molar-refractivity contribution in [2.75, 3.05) is 5.32 Å². The van der Waals surface area contributed by atoms with Crippen LogP contribution in [0.25, 0.3) is 0 Å². The van der Waals surface area contributed by atoms with Crippen LogP contribution in [-0.4, -0.2) is 17.1 Å². The van der Waals surface area contributed by atoms with Crippen molar-refractivity contribution >= 4 is 23.2 Å². The molecule has 116 valence electrons. The van der Waals surface area contributed by atoms with E-state index in [0.29, 0.717) is 12.1 Å². The number of aliphatic hydroxyl groups excluding tert-OH is 1. The number of rotatable bonds is 2. The van der Waals surface area contributed by atoms with Crippen molar-refractivity contribution in [2.45, 2.75) is 46.1 Å². The van der Waals surface area contributed by atoms with E-state index >= 15 is 0 Å². The number of carbonyl (C=O) groups is 1. The highest BCUT2D eigenvalue weighted by Crippen LogP contribution is 2.46. The molecule has 1 amide bonds. The number of benzene rings is 1. The van der Waals surface area contributed by atoms with Crippen molar-refractivity contribution in [3.63, 3.8) is 0 Å². The topological polar surface area (TPSA) is 49.3 Å². The van der Waals surface area contributed by atoms with E-state index < -0.39 is 17.3 Å². The van der Waals surface area contributed by atoms with Crippen LogP contribution in [0.15, 0.2) is 18.2 Å². The third-order valence-corrected chi connectivity index (χ3v) is 4.86. The Balaban J connectivity index is 2.20. The summed E-state index contributed by atoms with van der Waals surface area (Å²) in [6.45, 7) is 5.69. The Morgan fingerprint density at radius 1 is 1.38 bits per heavy atom. The average Bonchev–Trinajstić information content (AvgIpc) is 2.40. The molecule has 1 aliphatic rings. The molecule has 1 aromatic carbocycles. The number of hydrogen-bond donors (Lipinski definition) is 2. The minimum Gasteiger partial charge on any atom is -0.391 e. The zero-order chi connectivity index (χ0) is 15.8. The molecule has 0 bridgehead atoms.